The van der Waals surface area contributed by atoms with Crippen LogP contribution in [-0.2, 0) is 19.1 Å². The molecule has 0 aromatic carbocycles. The van der Waals surface area contributed by atoms with Gasteiger partial charge in [0.2, 0.25) is 11.8 Å². The predicted molar refractivity (Wildman–Crippen MR) is 120 cm³/mol. The number of likely N-dealkylation sites (tertiary alicyclic amines) is 1. The van der Waals surface area contributed by atoms with Crippen LogP contribution in [0, 0.1) is 11.8 Å². The number of hydrogen-bond acceptors (Lipinski definition) is 6. The monoisotopic (exact) mass is 450 g/mol. The van der Waals surface area contributed by atoms with E-state index in [1.165, 1.54) is 4.90 Å². The molecule has 2 bridgehead atoms. The minimum atomic E-state index is -0.671. The van der Waals surface area contributed by atoms with E-state index < -0.39 is 22.6 Å². The summed E-state index contributed by atoms with van der Waals surface area (Å²) >= 11 is 1.62. The normalized spacial score (nSPS) is 30.9. The van der Waals surface area contributed by atoms with E-state index in [9.17, 15) is 19.5 Å². The number of thioether (sulfide) groups is 1. The van der Waals surface area contributed by atoms with Crippen LogP contribution in [0.25, 0.3) is 0 Å². The molecule has 3 heterocycles. The first kappa shape index (κ1) is 23.9. The summed E-state index contributed by atoms with van der Waals surface area (Å²) in [7, 11) is 0. The van der Waals surface area contributed by atoms with Crippen LogP contribution in [0.15, 0.2) is 25.3 Å². The van der Waals surface area contributed by atoms with Crippen LogP contribution in [0.2, 0.25) is 0 Å². The molecular weight excluding hydrogens is 416 g/mol. The maximum absolute atomic E-state index is 13.7. The first-order valence-electron chi connectivity index (χ1n) is 11.2. The van der Waals surface area contributed by atoms with Crippen LogP contribution in [0.1, 0.15) is 39.0 Å². The number of unbranched alkanes of at least 4 members (excludes halogenated alkanes) is 1. The van der Waals surface area contributed by atoms with Crippen molar-refractivity contribution in [3.8, 4) is 0 Å². The number of β-amino-alcohol motifs (C(OH)–C–C–N with tert-alkyl or cyclic N) is 1. The van der Waals surface area contributed by atoms with E-state index in [1.807, 2.05) is 0 Å². The van der Waals surface area contributed by atoms with Crippen molar-refractivity contribution in [1.29, 1.82) is 0 Å². The summed E-state index contributed by atoms with van der Waals surface area (Å²) in [4.78, 5) is 43.4. The molecule has 5 atom stereocenters. The molecule has 3 aliphatic rings. The average molecular weight is 451 g/mol. The largest absolute Gasteiger partial charge is 0.465 e. The lowest BCUT2D eigenvalue weighted by molar-refractivity contribution is -0.154. The van der Waals surface area contributed by atoms with Gasteiger partial charge in [-0.1, -0.05) is 25.5 Å². The van der Waals surface area contributed by atoms with Crippen LogP contribution < -0.4 is 0 Å². The molecule has 31 heavy (non-hydrogen) atoms. The van der Waals surface area contributed by atoms with E-state index in [4.69, 9.17) is 4.74 Å². The molecule has 7 nitrogen and oxygen atoms in total. The van der Waals surface area contributed by atoms with Crippen LogP contribution in [0.4, 0.5) is 0 Å². The average Bonchev–Trinajstić information content (AvgIpc) is 3.39. The number of ether oxygens (including phenoxy) is 1. The molecule has 0 aromatic heterocycles. The lowest BCUT2D eigenvalue weighted by Gasteiger charge is -2.37. The molecule has 8 heteroatoms. The molecule has 0 radical (unpaired) electrons. The fraction of sp³-hybridized carbons (Fsp3) is 0.696. The molecule has 0 saturated carbocycles. The quantitative estimate of drug-likeness (QED) is 0.278. The van der Waals surface area contributed by atoms with Crippen molar-refractivity contribution in [2.45, 2.75) is 55.1 Å². The van der Waals surface area contributed by atoms with E-state index in [1.54, 1.807) is 28.8 Å². The number of fused-ring (bicyclic) bond motifs is 1. The summed E-state index contributed by atoms with van der Waals surface area (Å²) in [5.74, 6) is -1.79. The first-order chi connectivity index (χ1) is 15.0. The highest BCUT2D eigenvalue weighted by atomic mass is 32.2. The van der Waals surface area contributed by atoms with Gasteiger partial charge in [0.1, 0.15) is 6.04 Å². The number of nitrogens with zero attached hydrogens (tertiary/aromatic N) is 2. The summed E-state index contributed by atoms with van der Waals surface area (Å²) in [5.41, 5.74) is 0. The van der Waals surface area contributed by atoms with E-state index in [2.05, 4.69) is 20.1 Å². The van der Waals surface area contributed by atoms with Crippen LogP contribution in [-0.4, -0.2) is 81.6 Å². The number of aliphatic hydroxyl groups is 1. The Morgan fingerprint density at radius 1 is 1.39 bits per heavy atom. The summed E-state index contributed by atoms with van der Waals surface area (Å²) in [6, 6.07) is -0.671. The van der Waals surface area contributed by atoms with Gasteiger partial charge in [-0.25, -0.2) is 0 Å². The standard InChI is InChI=1S/C23H34N2O5S/c1-4-7-12-24(11-6-3)21(28)19-23-10-9-16(31-23)17(22(29)30-15-8-5-2)18(23)20(27)25(19)13-14-26/h5-6,16-19,26H,2-4,7-15H2,1H3/t16-,17+,18+,19?,23?/m1/s1. The zero-order valence-electron chi connectivity index (χ0n) is 18.3. The van der Waals surface area contributed by atoms with Gasteiger partial charge in [-0.05, 0) is 25.7 Å². The van der Waals surface area contributed by atoms with Crippen molar-refractivity contribution >= 4 is 29.5 Å². The predicted octanol–water partition coefficient (Wildman–Crippen LogP) is 2.00. The smallest absolute Gasteiger partial charge is 0.310 e. The fourth-order valence-corrected chi connectivity index (χ4v) is 7.56. The van der Waals surface area contributed by atoms with E-state index >= 15 is 0 Å². The second-order valence-electron chi connectivity index (χ2n) is 8.48. The van der Waals surface area contributed by atoms with E-state index in [-0.39, 0.29) is 42.8 Å². The highest BCUT2D eigenvalue weighted by Gasteiger charge is 2.74. The van der Waals surface area contributed by atoms with Crippen LogP contribution in [0.3, 0.4) is 0 Å². The molecule has 0 aliphatic carbocycles. The van der Waals surface area contributed by atoms with Gasteiger partial charge in [0.15, 0.2) is 0 Å². The van der Waals surface area contributed by atoms with Gasteiger partial charge in [0, 0.05) is 24.9 Å². The second kappa shape index (κ2) is 10.2. The van der Waals surface area contributed by atoms with Gasteiger partial charge in [0.05, 0.1) is 29.8 Å². The number of rotatable bonds is 12. The molecule has 0 aromatic rings. The second-order valence-corrected chi connectivity index (χ2v) is 10.1. The molecule has 3 rings (SSSR count). The first-order valence-corrected chi connectivity index (χ1v) is 12.1. The molecule has 3 fully saturated rings. The third-order valence-electron chi connectivity index (χ3n) is 6.66. The van der Waals surface area contributed by atoms with Gasteiger partial charge in [-0.15, -0.1) is 24.9 Å². The number of hydrogen-bond donors (Lipinski definition) is 1. The summed E-state index contributed by atoms with van der Waals surface area (Å²) < 4.78 is 4.81. The van der Waals surface area contributed by atoms with E-state index in [0.717, 1.165) is 19.3 Å². The molecule has 172 valence electrons. The summed E-state index contributed by atoms with van der Waals surface area (Å²) in [6.07, 6.45) is 7.26. The van der Waals surface area contributed by atoms with Gasteiger partial charge in [-0.2, -0.15) is 0 Å². The lowest BCUT2D eigenvalue weighted by Crippen LogP contribution is -2.55. The Labute approximate surface area is 188 Å². The van der Waals surface area contributed by atoms with Crippen molar-refractivity contribution in [1.82, 2.24) is 9.80 Å². The van der Waals surface area contributed by atoms with Gasteiger partial charge in [-0.3, -0.25) is 14.4 Å². The Kier molecular flexibility index (Phi) is 7.86. The van der Waals surface area contributed by atoms with Gasteiger partial charge >= 0.3 is 5.97 Å². The number of esters is 1. The summed E-state index contributed by atoms with van der Waals surface area (Å²) in [6.45, 7) is 10.6. The van der Waals surface area contributed by atoms with Crippen molar-refractivity contribution in [2.24, 2.45) is 11.8 Å². The Morgan fingerprint density at radius 3 is 2.81 bits per heavy atom. The van der Waals surface area contributed by atoms with E-state index in [0.29, 0.717) is 25.9 Å². The van der Waals surface area contributed by atoms with Crippen molar-refractivity contribution in [2.75, 3.05) is 32.8 Å². The fourth-order valence-electron chi connectivity index (χ4n) is 5.36. The topological polar surface area (TPSA) is 87.1 Å². The zero-order valence-corrected chi connectivity index (χ0v) is 19.1. The molecule has 3 aliphatic heterocycles. The highest BCUT2D eigenvalue weighted by Crippen LogP contribution is 2.66. The third kappa shape index (κ3) is 4.16. The molecule has 2 unspecified atom stereocenters. The minimum absolute atomic E-state index is 0.0137. The SMILES string of the molecule is C=CCCOC(=O)[C@@H]1[C@H]2C(=O)N(CCO)C(C(=O)N(CC=C)CCCC)C23CC[C@H]1S3. The number of amides is 2. The third-order valence-corrected chi connectivity index (χ3v) is 8.61. The molecular formula is C23H34N2O5S. The number of carbonyl (C=O) groups is 3. The Morgan fingerprint density at radius 2 is 2.16 bits per heavy atom. The van der Waals surface area contributed by atoms with Gasteiger partial charge in [0.25, 0.3) is 0 Å². The maximum Gasteiger partial charge on any atom is 0.310 e. The maximum atomic E-state index is 13.7. The van der Waals surface area contributed by atoms with Gasteiger partial charge < -0.3 is 19.6 Å². The Bertz CT molecular complexity index is 729. The summed E-state index contributed by atoms with van der Waals surface area (Å²) in [5, 5.41) is 9.62. The van der Waals surface area contributed by atoms with Crippen LogP contribution >= 0.6 is 11.8 Å². The molecule has 3 saturated heterocycles. The molecule has 1 spiro atoms. The van der Waals surface area contributed by atoms with Crippen molar-refractivity contribution in [3.63, 3.8) is 0 Å². The zero-order chi connectivity index (χ0) is 22.6. The minimum Gasteiger partial charge on any atom is -0.465 e. The van der Waals surface area contributed by atoms with Crippen LogP contribution in [0.5, 0.6) is 0 Å². The lowest BCUT2D eigenvalue weighted by atomic mass is 9.71. The number of carbonyl (C=O) groups excluding carboxylic acids is 3. The Hall–Kier alpha value is -1.80. The Balaban J connectivity index is 1.92. The van der Waals surface area contributed by atoms with Crippen molar-refractivity contribution < 1.29 is 24.2 Å². The van der Waals surface area contributed by atoms with Crippen molar-refractivity contribution in [3.05, 3.63) is 25.3 Å². The number of aliphatic hydroxyl groups excluding tert-OH is 1. The molecule has 1 N–H and O–H groups in total. The molecule has 2 amide bonds. The highest BCUT2D eigenvalue weighted by molar-refractivity contribution is 8.02.